The highest BCUT2D eigenvalue weighted by atomic mass is 79.9. The molecule has 2 aromatic carbocycles. The molecule has 0 saturated carbocycles. The Kier molecular flexibility index (Phi) is 9.60. The summed E-state index contributed by atoms with van der Waals surface area (Å²) in [5.74, 6) is 0. The lowest BCUT2D eigenvalue weighted by molar-refractivity contribution is 0.0399. The SMILES string of the molecule is Cl.O=C(OCCNCc1ccccc1)ONS(=O)(=O)c1ccccc1Br. The van der Waals surface area contributed by atoms with Crippen molar-refractivity contribution in [3.05, 3.63) is 64.6 Å². The summed E-state index contributed by atoms with van der Waals surface area (Å²) in [5, 5.41) is 3.09. The number of sulfonamides is 1. The lowest BCUT2D eigenvalue weighted by Crippen LogP contribution is -2.29. The van der Waals surface area contributed by atoms with Crippen LogP contribution in [0.25, 0.3) is 0 Å². The van der Waals surface area contributed by atoms with Gasteiger partial charge in [-0.2, -0.15) is 0 Å². The Balaban J connectivity index is 0.00000338. The summed E-state index contributed by atoms with van der Waals surface area (Å²) >= 11 is 3.12. The number of hydrogen-bond acceptors (Lipinski definition) is 6. The molecule has 0 saturated heterocycles. The molecule has 0 bridgehead atoms. The predicted octanol–water partition coefficient (Wildman–Crippen LogP) is 3.01. The maximum absolute atomic E-state index is 12.0. The van der Waals surface area contributed by atoms with Crippen molar-refractivity contribution in [2.24, 2.45) is 0 Å². The zero-order chi connectivity index (χ0) is 18.1. The van der Waals surface area contributed by atoms with Gasteiger partial charge in [0.25, 0.3) is 10.0 Å². The number of halogens is 2. The van der Waals surface area contributed by atoms with Gasteiger partial charge in [0.15, 0.2) is 0 Å². The topological polar surface area (TPSA) is 93.7 Å². The van der Waals surface area contributed by atoms with Crippen molar-refractivity contribution in [3.8, 4) is 0 Å². The third kappa shape index (κ3) is 7.30. The van der Waals surface area contributed by atoms with Crippen LogP contribution in [0.4, 0.5) is 4.79 Å². The molecule has 2 aromatic rings. The van der Waals surface area contributed by atoms with Gasteiger partial charge in [-0.25, -0.2) is 13.2 Å². The minimum Gasteiger partial charge on any atom is -0.432 e. The first-order valence-electron chi connectivity index (χ1n) is 7.33. The second-order valence-electron chi connectivity index (χ2n) is 4.88. The Hall–Kier alpha value is -1.65. The fourth-order valence-corrected chi connectivity index (χ4v) is 3.64. The van der Waals surface area contributed by atoms with Crippen molar-refractivity contribution >= 4 is 44.5 Å². The summed E-state index contributed by atoms with van der Waals surface area (Å²) in [6.07, 6.45) is -1.13. The predicted molar refractivity (Wildman–Crippen MR) is 102 cm³/mol. The van der Waals surface area contributed by atoms with Gasteiger partial charge in [0, 0.05) is 17.6 Å². The first-order valence-corrected chi connectivity index (χ1v) is 9.61. The maximum Gasteiger partial charge on any atom is 0.528 e. The molecule has 10 heteroatoms. The molecule has 0 atom stereocenters. The van der Waals surface area contributed by atoms with E-state index in [-0.39, 0.29) is 23.9 Å². The summed E-state index contributed by atoms with van der Waals surface area (Å²) in [5.41, 5.74) is 1.10. The van der Waals surface area contributed by atoms with Crippen molar-refractivity contribution in [3.63, 3.8) is 0 Å². The number of carbonyl (C=O) groups is 1. The minimum atomic E-state index is -3.99. The number of nitrogens with one attached hydrogen (secondary N) is 2. The Bertz CT molecular complexity index is 805. The number of carbonyl (C=O) groups excluding carboxylic acids is 1. The summed E-state index contributed by atoms with van der Waals surface area (Å²) in [6, 6.07) is 15.9. The second kappa shape index (κ2) is 11.1. The van der Waals surface area contributed by atoms with Gasteiger partial charge in [-0.05, 0) is 38.5 Å². The van der Waals surface area contributed by atoms with Gasteiger partial charge in [-0.3, -0.25) is 0 Å². The van der Waals surface area contributed by atoms with Crippen molar-refractivity contribution in [1.29, 1.82) is 0 Å². The van der Waals surface area contributed by atoms with Crippen molar-refractivity contribution in [2.75, 3.05) is 13.2 Å². The molecule has 0 aromatic heterocycles. The molecule has 0 spiro atoms. The Morgan fingerprint density at radius 3 is 2.38 bits per heavy atom. The van der Waals surface area contributed by atoms with Gasteiger partial charge in [-0.1, -0.05) is 42.5 Å². The van der Waals surface area contributed by atoms with Crippen LogP contribution in [0.1, 0.15) is 5.56 Å². The molecular weight excluding hydrogens is 448 g/mol. The summed E-state index contributed by atoms with van der Waals surface area (Å²) < 4.78 is 29.1. The molecular formula is C16H18BrClN2O5S. The van der Waals surface area contributed by atoms with Crippen molar-refractivity contribution < 1.29 is 22.8 Å². The van der Waals surface area contributed by atoms with Gasteiger partial charge >= 0.3 is 6.16 Å². The normalized spacial score (nSPS) is 10.7. The van der Waals surface area contributed by atoms with Crippen LogP contribution in [-0.2, 0) is 26.1 Å². The number of rotatable bonds is 8. The molecule has 26 heavy (non-hydrogen) atoms. The first kappa shape index (κ1) is 22.4. The zero-order valence-corrected chi connectivity index (χ0v) is 16.8. The molecule has 0 aliphatic heterocycles. The first-order chi connectivity index (χ1) is 12.0. The molecule has 2 N–H and O–H groups in total. The molecule has 0 radical (unpaired) electrons. The average molecular weight is 466 g/mol. The Morgan fingerprint density at radius 1 is 1.04 bits per heavy atom. The third-order valence-corrected chi connectivity index (χ3v) is 5.22. The van der Waals surface area contributed by atoms with Crippen molar-refractivity contribution in [2.45, 2.75) is 11.4 Å². The van der Waals surface area contributed by atoms with Gasteiger partial charge in [0.1, 0.15) is 6.61 Å². The van der Waals surface area contributed by atoms with Gasteiger partial charge in [0.05, 0.1) is 4.90 Å². The van der Waals surface area contributed by atoms with E-state index < -0.39 is 16.2 Å². The molecule has 2 rings (SSSR count). The maximum atomic E-state index is 12.0. The van der Waals surface area contributed by atoms with Crippen LogP contribution in [0.3, 0.4) is 0 Å². The highest BCUT2D eigenvalue weighted by Crippen LogP contribution is 2.20. The largest absolute Gasteiger partial charge is 0.528 e. The van der Waals surface area contributed by atoms with Crippen LogP contribution in [0, 0.1) is 0 Å². The van der Waals surface area contributed by atoms with Crippen LogP contribution >= 0.6 is 28.3 Å². The van der Waals surface area contributed by atoms with Crippen LogP contribution in [0.5, 0.6) is 0 Å². The molecule has 0 amide bonds. The molecule has 0 unspecified atom stereocenters. The van der Waals surface area contributed by atoms with Gasteiger partial charge in [-0.15, -0.1) is 12.4 Å². The van der Waals surface area contributed by atoms with Crippen LogP contribution in [-0.4, -0.2) is 27.7 Å². The zero-order valence-electron chi connectivity index (χ0n) is 13.6. The average Bonchev–Trinajstić information content (AvgIpc) is 2.61. The Labute approximate surface area is 166 Å². The lowest BCUT2D eigenvalue weighted by atomic mass is 10.2. The second-order valence-corrected chi connectivity index (χ2v) is 7.35. The molecule has 7 nitrogen and oxygen atoms in total. The van der Waals surface area contributed by atoms with Gasteiger partial charge in [0.2, 0.25) is 0 Å². The van der Waals surface area contributed by atoms with E-state index in [1.807, 2.05) is 30.3 Å². The monoisotopic (exact) mass is 464 g/mol. The van der Waals surface area contributed by atoms with E-state index >= 15 is 0 Å². The van der Waals surface area contributed by atoms with E-state index in [4.69, 9.17) is 4.74 Å². The number of hydrogen-bond donors (Lipinski definition) is 2. The highest BCUT2D eigenvalue weighted by Gasteiger charge is 2.19. The van der Waals surface area contributed by atoms with Crippen LogP contribution < -0.4 is 10.2 Å². The number of ether oxygens (including phenoxy) is 1. The standard InChI is InChI=1S/C16H17BrN2O5S.ClH/c17-14-8-4-5-9-15(14)25(21,22)19-24-16(20)23-11-10-18-12-13-6-2-1-3-7-13;/h1-9,18-19H,10-12H2;1H. The van der Waals surface area contributed by atoms with Crippen LogP contribution in [0.15, 0.2) is 64.0 Å². The van der Waals surface area contributed by atoms with E-state index in [0.29, 0.717) is 17.6 Å². The summed E-state index contributed by atoms with van der Waals surface area (Å²) in [6.45, 7) is 1.08. The fourth-order valence-electron chi connectivity index (χ4n) is 1.86. The lowest BCUT2D eigenvalue weighted by Gasteiger charge is -2.09. The molecule has 0 aliphatic carbocycles. The van der Waals surface area contributed by atoms with E-state index in [2.05, 4.69) is 26.1 Å². The van der Waals surface area contributed by atoms with E-state index in [1.165, 1.54) is 6.07 Å². The van der Waals surface area contributed by atoms with Crippen molar-refractivity contribution in [1.82, 2.24) is 10.2 Å². The van der Waals surface area contributed by atoms with E-state index in [1.54, 1.807) is 23.1 Å². The van der Waals surface area contributed by atoms with E-state index in [9.17, 15) is 13.2 Å². The summed E-state index contributed by atoms with van der Waals surface area (Å²) in [7, 11) is -3.99. The Morgan fingerprint density at radius 2 is 1.69 bits per heavy atom. The summed E-state index contributed by atoms with van der Waals surface area (Å²) in [4.78, 5) is 17.5. The highest BCUT2D eigenvalue weighted by molar-refractivity contribution is 9.10. The number of benzene rings is 2. The molecule has 0 heterocycles. The quantitative estimate of drug-likeness (QED) is 0.354. The fraction of sp³-hybridized carbons (Fsp3) is 0.188. The van der Waals surface area contributed by atoms with Gasteiger partial charge < -0.3 is 14.9 Å². The van der Waals surface area contributed by atoms with Crippen LogP contribution in [0.2, 0.25) is 0 Å². The molecule has 0 fully saturated rings. The molecule has 0 aliphatic rings. The smallest absolute Gasteiger partial charge is 0.432 e. The minimum absolute atomic E-state index is 0. The molecule has 142 valence electrons. The van der Waals surface area contributed by atoms with E-state index in [0.717, 1.165) is 5.56 Å². The third-order valence-electron chi connectivity index (χ3n) is 3.03.